The van der Waals surface area contributed by atoms with Crippen molar-refractivity contribution in [2.75, 3.05) is 6.61 Å². The minimum Gasteiger partial charge on any atom is -0.367 e. The second-order valence-corrected chi connectivity index (χ2v) is 4.00. The molecule has 1 aromatic carbocycles. The average Bonchev–Trinajstić information content (AvgIpc) is 2.16. The molecule has 0 atom stereocenters. The van der Waals surface area contributed by atoms with Gasteiger partial charge in [0.25, 0.3) is 0 Å². The molecule has 1 nitrogen and oxygen atoms in total. The monoisotopic (exact) mass is 232 g/mol. The van der Waals surface area contributed by atoms with E-state index in [-0.39, 0.29) is 6.61 Å². The van der Waals surface area contributed by atoms with E-state index in [2.05, 4.69) is 18.6 Å². The Labute approximate surface area is 93.2 Å². The molecule has 16 heavy (non-hydrogen) atoms. The lowest BCUT2D eigenvalue weighted by atomic mass is 10.0. The number of ether oxygens (including phenoxy) is 1. The van der Waals surface area contributed by atoms with Crippen LogP contribution in [0.1, 0.15) is 30.9 Å². The largest absolute Gasteiger partial charge is 0.411 e. The van der Waals surface area contributed by atoms with E-state index in [1.54, 1.807) is 12.1 Å². The zero-order valence-electron chi connectivity index (χ0n) is 9.34. The van der Waals surface area contributed by atoms with Crippen LogP contribution in [0.2, 0.25) is 0 Å². The lowest BCUT2D eigenvalue weighted by Gasteiger charge is -2.09. The van der Waals surface area contributed by atoms with E-state index in [1.165, 1.54) is 5.56 Å². The van der Waals surface area contributed by atoms with Crippen molar-refractivity contribution in [3.8, 4) is 0 Å². The Hall–Kier alpha value is -1.03. The Kier molecular flexibility index (Phi) is 4.35. The van der Waals surface area contributed by atoms with Crippen LogP contribution < -0.4 is 0 Å². The van der Waals surface area contributed by atoms with Gasteiger partial charge in [0, 0.05) is 0 Å². The topological polar surface area (TPSA) is 9.23 Å². The molecule has 0 aromatic heterocycles. The molecule has 0 unspecified atom stereocenters. The highest BCUT2D eigenvalue weighted by Crippen LogP contribution is 2.17. The molecule has 0 radical (unpaired) electrons. The van der Waals surface area contributed by atoms with Gasteiger partial charge < -0.3 is 4.74 Å². The fourth-order valence-electron chi connectivity index (χ4n) is 1.28. The first-order valence-electron chi connectivity index (χ1n) is 5.12. The van der Waals surface area contributed by atoms with E-state index >= 15 is 0 Å². The molecule has 0 N–H and O–H groups in total. The van der Waals surface area contributed by atoms with Crippen LogP contribution in [0, 0.1) is 0 Å². The van der Waals surface area contributed by atoms with Crippen molar-refractivity contribution in [1.82, 2.24) is 0 Å². The highest BCUT2D eigenvalue weighted by atomic mass is 19.4. The molecule has 1 rings (SSSR count). The molecular formula is C12H15F3O. The zero-order chi connectivity index (χ0) is 12.2. The van der Waals surface area contributed by atoms with Gasteiger partial charge in [-0.15, -0.1) is 0 Å². The number of hydrogen-bond acceptors (Lipinski definition) is 1. The van der Waals surface area contributed by atoms with Crippen LogP contribution in [0.4, 0.5) is 13.2 Å². The summed E-state index contributed by atoms with van der Waals surface area (Å²) >= 11 is 0. The molecule has 0 fully saturated rings. The molecule has 0 heterocycles. The van der Waals surface area contributed by atoms with Crippen LogP contribution in [0.5, 0.6) is 0 Å². The van der Waals surface area contributed by atoms with Crippen LogP contribution in [0.25, 0.3) is 0 Å². The summed E-state index contributed by atoms with van der Waals surface area (Å²) in [5.41, 5.74) is 1.92. The van der Waals surface area contributed by atoms with Crippen molar-refractivity contribution >= 4 is 0 Å². The normalized spacial score (nSPS) is 12.1. The molecule has 4 heteroatoms. The van der Waals surface area contributed by atoms with E-state index in [1.807, 2.05) is 12.1 Å². The van der Waals surface area contributed by atoms with E-state index < -0.39 is 12.8 Å². The summed E-state index contributed by atoms with van der Waals surface area (Å²) in [6.07, 6.45) is -4.25. The van der Waals surface area contributed by atoms with Gasteiger partial charge in [0.15, 0.2) is 0 Å². The number of rotatable bonds is 4. The van der Waals surface area contributed by atoms with Crippen molar-refractivity contribution < 1.29 is 17.9 Å². The summed E-state index contributed by atoms with van der Waals surface area (Å²) in [6.45, 7) is 2.93. The summed E-state index contributed by atoms with van der Waals surface area (Å²) in [5, 5.41) is 0. The molecule has 0 amide bonds. The Bertz CT molecular complexity index is 314. The van der Waals surface area contributed by atoms with Crippen molar-refractivity contribution in [2.24, 2.45) is 0 Å². The van der Waals surface area contributed by atoms with E-state index in [0.717, 1.165) is 5.56 Å². The molecule has 90 valence electrons. The SMILES string of the molecule is CC(C)c1ccc(COCC(F)(F)F)cc1. The molecule has 1 aromatic rings. The number of hydrogen-bond donors (Lipinski definition) is 0. The first-order chi connectivity index (χ1) is 7.38. The maximum Gasteiger partial charge on any atom is 0.411 e. The molecule has 0 aliphatic carbocycles. The lowest BCUT2D eigenvalue weighted by Crippen LogP contribution is -2.16. The minimum atomic E-state index is -4.25. The van der Waals surface area contributed by atoms with Gasteiger partial charge in [-0.1, -0.05) is 38.1 Å². The third kappa shape index (κ3) is 4.66. The molecular weight excluding hydrogens is 217 g/mol. The van der Waals surface area contributed by atoms with Crippen LogP contribution in [0.15, 0.2) is 24.3 Å². The Morgan fingerprint density at radius 1 is 1.12 bits per heavy atom. The van der Waals surface area contributed by atoms with Gasteiger partial charge in [-0.3, -0.25) is 0 Å². The average molecular weight is 232 g/mol. The Morgan fingerprint density at radius 3 is 2.12 bits per heavy atom. The summed E-state index contributed by atoms with van der Waals surface area (Å²) in [5.74, 6) is 0.421. The van der Waals surface area contributed by atoms with Gasteiger partial charge in [0.2, 0.25) is 0 Å². The summed E-state index contributed by atoms with van der Waals surface area (Å²) < 4.78 is 40.0. The highest BCUT2D eigenvalue weighted by Gasteiger charge is 2.27. The smallest absolute Gasteiger partial charge is 0.367 e. The second-order valence-electron chi connectivity index (χ2n) is 4.00. The van der Waals surface area contributed by atoms with E-state index in [0.29, 0.717) is 5.92 Å². The van der Waals surface area contributed by atoms with Crippen molar-refractivity contribution in [1.29, 1.82) is 0 Å². The van der Waals surface area contributed by atoms with Crippen LogP contribution >= 0.6 is 0 Å². The molecule has 0 saturated heterocycles. The second kappa shape index (κ2) is 5.34. The highest BCUT2D eigenvalue weighted by molar-refractivity contribution is 5.24. The molecule has 0 aliphatic heterocycles. The summed E-state index contributed by atoms with van der Waals surface area (Å²) in [6, 6.07) is 7.42. The molecule has 0 spiro atoms. The maximum absolute atomic E-state index is 11.8. The third-order valence-electron chi connectivity index (χ3n) is 2.18. The number of benzene rings is 1. The predicted octanol–water partition coefficient (Wildman–Crippen LogP) is 3.89. The van der Waals surface area contributed by atoms with E-state index in [4.69, 9.17) is 0 Å². The molecule has 0 saturated carbocycles. The van der Waals surface area contributed by atoms with Gasteiger partial charge in [0.1, 0.15) is 6.61 Å². The quantitative estimate of drug-likeness (QED) is 0.765. The minimum absolute atomic E-state index is 0.00210. The zero-order valence-corrected chi connectivity index (χ0v) is 9.34. The molecule has 0 bridgehead atoms. The number of halogens is 3. The van der Waals surface area contributed by atoms with Crippen LogP contribution in [-0.2, 0) is 11.3 Å². The van der Waals surface area contributed by atoms with Gasteiger partial charge in [-0.2, -0.15) is 13.2 Å². The first-order valence-corrected chi connectivity index (χ1v) is 5.12. The maximum atomic E-state index is 11.8. The fraction of sp³-hybridized carbons (Fsp3) is 0.500. The van der Waals surface area contributed by atoms with Gasteiger partial charge >= 0.3 is 6.18 Å². The summed E-state index contributed by atoms with van der Waals surface area (Å²) in [7, 11) is 0. The van der Waals surface area contributed by atoms with Gasteiger partial charge in [-0.25, -0.2) is 0 Å². The number of alkyl halides is 3. The first kappa shape index (κ1) is 13.0. The fourth-order valence-corrected chi connectivity index (χ4v) is 1.28. The third-order valence-corrected chi connectivity index (χ3v) is 2.18. The lowest BCUT2D eigenvalue weighted by molar-refractivity contribution is -0.176. The van der Waals surface area contributed by atoms with Crippen molar-refractivity contribution in [3.63, 3.8) is 0 Å². The van der Waals surface area contributed by atoms with Gasteiger partial charge in [0.05, 0.1) is 6.61 Å². The van der Waals surface area contributed by atoms with Crippen molar-refractivity contribution in [2.45, 2.75) is 32.5 Å². The Morgan fingerprint density at radius 2 is 1.69 bits per heavy atom. The van der Waals surface area contributed by atoms with Crippen LogP contribution in [-0.4, -0.2) is 12.8 Å². The van der Waals surface area contributed by atoms with Crippen LogP contribution in [0.3, 0.4) is 0 Å². The van der Waals surface area contributed by atoms with Gasteiger partial charge in [-0.05, 0) is 17.0 Å². The standard InChI is InChI=1S/C12H15F3O/c1-9(2)11-5-3-10(4-6-11)7-16-8-12(13,14)15/h3-6,9H,7-8H2,1-2H3. The summed E-state index contributed by atoms with van der Waals surface area (Å²) in [4.78, 5) is 0. The molecule has 0 aliphatic rings. The van der Waals surface area contributed by atoms with E-state index in [9.17, 15) is 13.2 Å². The Balaban J connectivity index is 2.44. The predicted molar refractivity (Wildman–Crippen MR) is 56.2 cm³/mol. The van der Waals surface area contributed by atoms with Crippen molar-refractivity contribution in [3.05, 3.63) is 35.4 Å².